The predicted octanol–water partition coefficient (Wildman–Crippen LogP) is 2.71. The smallest absolute Gasteiger partial charge is 0.0635 e. The van der Waals surface area contributed by atoms with E-state index in [1.165, 1.54) is 15.8 Å². The van der Waals surface area contributed by atoms with E-state index in [4.69, 9.17) is 4.74 Å². The van der Waals surface area contributed by atoms with Crippen LogP contribution in [-0.2, 0) is 11.3 Å². The maximum absolute atomic E-state index is 5.60. The summed E-state index contributed by atoms with van der Waals surface area (Å²) >= 11 is 5.34. The van der Waals surface area contributed by atoms with E-state index in [-0.39, 0.29) is 0 Å². The van der Waals surface area contributed by atoms with Gasteiger partial charge in [-0.1, -0.05) is 6.92 Å². The monoisotopic (exact) mass is 332 g/mol. The van der Waals surface area contributed by atoms with Gasteiger partial charge in [-0.3, -0.25) is 4.90 Å². The highest BCUT2D eigenvalue weighted by Crippen LogP contribution is 2.22. The van der Waals surface area contributed by atoms with E-state index in [9.17, 15) is 0 Å². The average molecular weight is 333 g/mol. The zero-order chi connectivity index (χ0) is 12.8. The Balaban J connectivity index is 1.86. The molecule has 18 heavy (non-hydrogen) atoms. The fraction of sp³-hybridized carbons (Fsp3) is 0.692. The number of nitrogens with one attached hydrogen (secondary N) is 1. The topological polar surface area (TPSA) is 24.5 Å². The van der Waals surface area contributed by atoms with Crippen molar-refractivity contribution in [2.24, 2.45) is 0 Å². The van der Waals surface area contributed by atoms with Crippen molar-refractivity contribution < 1.29 is 4.74 Å². The lowest BCUT2D eigenvalue weighted by atomic mass is 10.2. The molecule has 1 saturated heterocycles. The summed E-state index contributed by atoms with van der Waals surface area (Å²) < 4.78 is 6.79. The molecule has 0 saturated carbocycles. The number of thiophene rings is 1. The molecule has 2 rings (SSSR count). The Hall–Kier alpha value is 0.0600. The molecule has 1 atom stereocenters. The summed E-state index contributed by atoms with van der Waals surface area (Å²) in [5, 5.41) is 5.65. The highest BCUT2D eigenvalue weighted by atomic mass is 79.9. The molecule has 0 aromatic carbocycles. The SMILES string of the molecule is CCCNCC1COCCN1Cc1cc(Br)cs1. The first-order valence-corrected chi connectivity index (χ1v) is 8.22. The molecule has 0 aliphatic carbocycles. The number of halogens is 1. The van der Waals surface area contributed by atoms with Crippen LogP contribution >= 0.6 is 27.3 Å². The van der Waals surface area contributed by atoms with Gasteiger partial charge in [0.15, 0.2) is 0 Å². The van der Waals surface area contributed by atoms with E-state index in [2.05, 4.69) is 44.5 Å². The van der Waals surface area contributed by atoms with Crippen molar-refractivity contribution in [3.63, 3.8) is 0 Å². The Morgan fingerprint density at radius 3 is 3.22 bits per heavy atom. The maximum atomic E-state index is 5.60. The van der Waals surface area contributed by atoms with Crippen LogP contribution in [0.25, 0.3) is 0 Å². The van der Waals surface area contributed by atoms with Crippen molar-refractivity contribution in [3.8, 4) is 0 Å². The molecule has 0 radical (unpaired) electrons. The predicted molar refractivity (Wildman–Crippen MR) is 80.2 cm³/mol. The third-order valence-electron chi connectivity index (χ3n) is 3.14. The van der Waals surface area contributed by atoms with Gasteiger partial charge in [-0.2, -0.15) is 0 Å². The number of rotatable bonds is 6. The van der Waals surface area contributed by atoms with Crippen LogP contribution in [0.1, 0.15) is 18.2 Å². The van der Waals surface area contributed by atoms with Gasteiger partial charge in [0.05, 0.1) is 13.2 Å². The van der Waals surface area contributed by atoms with E-state index in [1.807, 2.05) is 11.3 Å². The molecular formula is C13H21BrN2OS. The van der Waals surface area contributed by atoms with Gasteiger partial charge in [-0.15, -0.1) is 11.3 Å². The van der Waals surface area contributed by atoms with Crippen LogP contribution in [0.15, 0.2) is 15.9 Å². The lowest BCUT2D eigenvalue weighted by Crippen LogP contribution is -2.49. The van der Waals surface area contributed by atoms with Crippen LogP contribution in [0, 0.1) is 0 Å². The highest BCUT2D eigenvalue weighted by Gasteiger charge is 2.22. The second-order valence-corrected chi connectivity index (χ2v) is 6.55. The number of ether oxygens (including phenoxy) is 1. The van der Waals surface area contributed by atoms with Gasteiger partial charge in [0, 0.05) is 40.4 Å². The molecule has 1 aromatic heterocycles. The second kappa shape index (κ2) is 7.60. The van der Waals surface area contributed by atoms with Crippen LogP contribution in [0.5, 0.6) is 0 Å². The molecule has 5 heteroatoms. The standard InChI is InChI=1S/C13H21BrN2OS/c1-2-3-15-7-12-9-17-5-4-16(12)8-13-6-11(14)10-18-13/h6,10,12,15H,2-5,7-9H2,1H3. The third kappa shape index (κ3) is 4.31. The molecule has 0 spiro atoms. The Labute approximate surface area is 122 Å². The average Bonchev–Trinajstić information content (AvgIpc) is 2.77. The first-order chi connectivity index (χ1) is 8.79. The minimum atomic E-state index is 0.506. The van der Waals surface area contributed by atoms with Crippen LogP contribution in [0.2, 0.25) is 0 Å². The van der Waals surface area contributed by atoms with Gasteiger partial charge < -0.3 is 10.1 Å². The molecule has 0 amide bonds. The van der Waals surface area contributed by atoms with Gasteiger partial charge in [0.25, 0.3) is 0 Å². The lowest BCUT2D eigenvalue weighted by molar-refractivity contribution is -0.0104. The molecule has 0 bridgehead atoms. The highest BCUT2D eigenvalue weighted by molar-refractivity contribution is 9.10. The molecule has 2 heterocycles. The normalized spacial score (nSPS) is 21.3. The first kappa shape index (κ1) is 14.5. The number of hydrogen-bond acceptors (Lipinski definition) is 4. The zero-order valence-electron chi connectivity index (χ0n) is 10.8. The zero-order valence-corrected chi connectivity index (χ0v) is 13.2. The largest absolute Gasteiger partial charge is 0.378 e. The van der Waals surface area contributed by atoms with Gasteiger partial charge in [-0.25, -0.2) is 0 Å². The van der Waals surface area contributed by atoms with Crippen molar-refractivity contribution in [1.82, 2.24) is 10.2 Å². The van der Waals surface area contributed by atoms with E-state index in [0.717, 1.165) is 39.4 Å². The van der Waals surface area contributed by atoms with E-state index in [1.54, 1.807) is 0 Å². The Kier molecular flexibility index (Phi) is 6.11. The van der Waals surface area contributed by atoms with Crippen LogP contribution < -0.4 is 5.32 Å². The second-order valence-electron chi connectivity index (χ2n) is 4.63. The fourth-order valence-electron chi connectivity index (χ4n) is 2.17. The summed E-state index contributed by atoms with van der Waals surface area (Å²) in [4.78, 5) is 3.95. The molecule has 1 N–H and O–H groups in total. The van der Waals surface area contributed by atoms with Crippen molar-refractivity contribution in [2.45, 2.75) is 25.9 Å². The van der Waals surface area contributed by atoms with Gasteiger partial charge >= 0.3 is 0 Å². The molecular weight excluding hydrogens is 312 g/mol. The number of morpholine rings is 1. The molecule has 1 unspecified atom stereocenters. The minimum Gasteiger partial charge on any atom is -0.378 e. The van der Waals surface area contributed by atoms with E-state index in [0.29, 0.717) is 6.04 Å². The summed E-state index contributed by atoms with van der Waals surface area (Å²) in [5.74, 6) is 0. The summed E-state index contributed by atoms with van der Waals surface area (Å²) in [5.41, 5.74) is 0. The number of nitrogens with zero attached hydrogens (tertiary/aromatic N) is 1. The third-order valence-corrected chi connectivity index (χ3v) is 4.82. The summed E-state index contributed by atoms with van der Waals surface area (Å²) in [6.07, 6.45) is 1.19. The number of hydrogen-bond donors (Lipinski definition) is 1. The molecule has 102 valence electrons. The Morgan fingerprint density at radius 2 is 2.50 bits per heavy atom. The summed E-state index contributed by atoms with van der Waals surface area (Å²) in [7, 11) is 0. The Bertz CT molecular complexity index is 359. The van der Waals surface area contributed by atoms with Crippen LogP contribution in [-0.4, -0.2) is 43.8 Å². The van der Waals surface area contributed by atoms with Gasteiger partial charge in [0.1, 0.15) is 0 Å². The van der Waals surface area contributed by atoms with Crippen molar-refractivity contribution in [2.75, 3.05) is 32.8 Å². The Morgan fingerprint density at radius 1 is 1.61 bits per heavy atom. The molecule has 1 aliphatic rings. The van der Waals surface area contributed by atoms with E-state index < -0.39 is 0 Å². The quantitative estimate of drug-likeness (QED) is 0.810. The van der Waals surface area contributed by atoms with Gasteiger partial charge in [0.2, 0.25) is 0 Å². The maximum Gasteiger partial charge on any atom is 0.0635 e. The summed E-state index contributed by atoms with van der Waals surface area (Å²) in [6.45, 7) is 8.10. The van der Waals surface area contributed by atoms with Crippen molar-refractivity contribution >= 4 is 27.3 Å². The van der Waals surface area contributed by atoms with Gasteiger partial charge in [-0.05, 0) is 35.0 Å². The van der Waals surface area contributed by atoms with E-state index >= 15 is 0 Å². The minimum absolute atomic E-state index is 0.506. The molecule has 1 aromatic rings. The van der Waals surface area contributed by atoms with Crippen LogP contribution in [0.3, 0.4) is 0 Å². The molecule has 3 nitrogen and oxygen atoms in total. The molecule has 1 fully saturated rings. The lowest BCUT2D eigenvalue weighted by Gasteiger charge is -2.35. The van der Waals surface area contributed by atoms with Crippen molar-refractivity contribution in [1.29, 1.82) is 0 Å². The molecule has 1 aliphatic heterocycles. The first-order valence-electron chi connectivity index (χ1n) is 6.55. The summed E-state index contributed by atoms with van der Waals surface area (Å²) in [6, 6.07) is 2.72. The van der Waals surface area contributed by atoms with Crippen molar-refractivity contribution in [3.05, 3.63) is 20.8 Å². The van der Waals surface area contributed by atoms with Crippen LogP contribution in [0.4, 0.5) is 0 Å². The fourth-order valence-corrected chi connectivity index (χ4v) is 3.64.